The normalized spacial score (nSPS) is 24.4. The van der Waals surface area contributed by atoms with E-state index in [0.717, 1.165) is 19.3 Å². The van der Waals surface area contributed by atoms with Crippen molar-refractivity contribution in [2.45, 2.75) is 29.5 Å². The lowest BCUT2D eigenvalue weighted by Gasteiger charge is -2.14. The molecule has 3 rings (SSSR count). The standard InChI is InChI=1S/C13H20N4O2S2/c14-13(16-11-3-4-11)15-8-10-5-6-17(9-10)21(18,19)12-2-1-7-20-12/h1-2,7,10-11H,3-6,8-9H2,(H3,14,15,16). The van der Waals surface area contributed by atoms with Crippen LogP contribution in [0, 0.1) is 5.92 Å². The third-order valence-electron chi connectivity index (χ3n) is 3.79. The van der Waals surface area contributed by atoms with Gasteiger partial charge in [-0.2, -0.15) is 4.31 Å². The fraction of sp³-hybridized carbons (Fsp3) is 0.615. The minimum Gasteiger partial charge on any atom is -0.370 e. The fourth-order valence-corrected chi connectivity index (χ4v) is 5.09. The summed E-state index contributed by atoms with van der Waals surface area (Å²) >= 11 is 1.26. The Labute approximate surface area is 129 Å². The van der Waals surface area contributed by atoms with Crippen molar-refractivity contribution < 1.29 is 8.42 Å². The number of sulfonamides is 1. The maximum atomic E-state index is 12.4. The Balaban J connectivity index is 1.55. The largest absolute Gasteiger partial charge is 0.370 e. The van der Waals surface area contributed by atoms with Gasteiger partial charge in [-0.15, -0.1) is 11.3 Å². The zero-order valence-electron chi connectivity index (χ0n) is 11.7. The molecule has 2 fully saturated rings. The Morgan fingerprint density at radius 3 is 2.95 bits per heavy atom. The highest BCUT2D eigenvalue weighted by Gasteiger charge is 2.33. The quantitative estimate of drug-likeness (QED) is 0.619. The van der Waals surface area contributed by atoms with Crippen molar-refractivity contribution in [3.8, 4) is 0 Å². The van der Waals surface area contributed by atoms with Crippen molar-refractivity contribution in [3.05, 3.63) is 17.5 Å². The summed E-state index contributed by atoms with van der Waals surface area (Å²) in [7, 11) is -3.32. The molecule has 1 saturated carbocycles. The minimum atomic E-state index is -3.32. The van der Waals surface area contributed by atoms with E-state index < -0.39 is 10.0 Å². The number of hydrogen-bond donors (Lipinski definition) is 2. The molecule has 2 heterocycles. The highest BCUT2D eigenvalue weighted by molar-refractivity contribution is 7.91. The van der Waals surface area contributed by atoms with Crippen LogP contribution in [-0.2, 0) is 10.0 Å². The lowest BCUT2D eigenvalue weighted by molar-refractivity contribution is 0.460. The Morgan fingerprint density at radius 1 is 1.48 bits per heavy atom. The molecule has 3 N–H and O–H groups in total. The van der Waals surface area contributed by atoms with E-state index in [1.807, 2.05) is 0 Å². The lowest BCUT2D eigenvalue weighted by atomic mass is 10.1. The van der Waals surface area contributed by atoms with Gasteiger partial charge < -0.3 is 11.1 Å². The summed E-state index contributed by atoms with van der Waals surface area (Å²) in [4.78, 5) is 4.33. The van der Waals surface area contributed by atoms with Crippen LogP contribution in [-0.4, -0.2) is 44.4 Å². The highest BCUT2D eigenvalue weighted by atomic mass is 32.2. The van der Waals surface area contributed by atoms with Gasteiger partial charge in [0, 0.05) is 25.7 Å². The molecule has 1 aliphatic carbocycles. The number of thiophene rings is 1. The predicted octanol–water partition coefficient (Wildman–Crippen LogP) is 0.825. The highest BCUT2D eigenvalue weighted by Crippen LogP contribution is 2.27. The van der Waals surface area contributed by atoms with Crippen molar-refractivity contribution in [2.75, 3.05) is 19.6 Å². The molecule has 1 unspecified atom stereocenters. The van der Waals surface area contributed by atoms with Crippen LogP contribution in [0.15, 0.2) is 26.7 Å². The van der Waals surface area contributed by atoms with Gasteiger partial charge in [-0.1, -0.05) is 6.07 Å². The van der Waals surface area contributed by atoms with E-state index in [2.05, 4.69) is 10.3 Å². The zero-order valence-corrected chi connectivity index (χ0v) is 13.4. The van der Waals surface area contributed by atoms with Gasteiger partial charge >= 0.3 is 0 Å². The molecule has 0 bridgehead atoms. The number of guanidine groups is 1. The molecule has 0 amide bonds. The first-order valence-corrected chi connectivity index (χ1v) is 9.48. The van der Waals surface area contributed by atoms with E-state index >= 15 is 0 Å². The Bertz CT molecular complexity index is 608. The molecule has 1 aromatic rings. The van der Waals surface area contributed by atoms with E-state index in [1.165, 1.54) is 11.3 Å². The Morgan fingerprint density at radius 2 is 2.29 bits per heavy atom. The van der Waals surface area contributed by atoms with Crippen LogP contribution in [0.4, 0.5) is 0 Å². The van der Waals surface area contributed by atoms with E-state index in [-0.39, 0.29) is 5.92 Å². The second kappa shape index (κ2) is 5.94. The van der Waals surface area contributed by atoms with Gasteiger partial charge in [0.1, 0.15) is 4.21 Å². The van der Waals surface area contributed by atoms with Gasteiger partial charge in [0.05, 0.1) is 0 Å². The predicted molar refractivity (Wildman–Crippen MR) is 83.8 cm³/mol. The summed E-state index contributed by atoms with van der Waals surface area (Å²) in [5, 5.41) is 4.93. The third-order valence-corrected chi connectivity index (χ3v) is 7.03. The number of hydrogen-bond acceptors (Lipinski definition) is 4. The summed E-state index contributed by atoms with van der Waals surface area (Å²) in [6.45, 7) is 1.68. The number of nitrogens with two attached hydrogens (primary N) is 1. The molecule has 116 valence electrons. The van der Waals surface area contributed by atoms with Crippen LogP contribution >= 0.6 is 11.3 Å². The van der Waals surface area contributed by atoms with Crippen LogP contribution in [0.1, 0.15) is 19.3 Å². The van der Waals surface area contributed by atoms with Gasteiger partial charge in [-0.25, -0.2) is 8.42 Å². The molecule has 0 radical (unpaired) electrons. The van der Waals surface area contributed by atoms with Gasteiger partial charge in [0.25, 0.3) is 10.0 Å². The molecule has 1 atom stereocenters. The molecular weight excluding hydrogens is 308 g/mol. The maximum Gasteiger partial charge on any atom is 0.252 e. The van der Waals surface area contributed by atoms with Crippen molar-refractivity contribution in [2.24, 2.45) is 16.6 Å². The number of rotatable bonds is 5. The number of aliphatic imine (C=N–C) groups is 1. The van der Waals surface area contributed by atoms with E-state index in [1.54, 1.807) is 21.8 Å². The smallest absolute Gasteiger partial charge is 0.252 e. The second-order valence-corrected chi connectivity index (χ2v) is 8.71. The summed E-state index contributed by atoms with van der Waals surface area (Å²) < 4.78 is 26.8. The average molecular weight is 328 g/mol. The van der Waals surface area contributed by atoms with Crippen LogP contribution in [0.25, 0.3) is 0 Å². The molecule has 8 heteroatoms. The van der Waals surface area contributed by atoms with Gasteiger partial charge in [0.15, 0.2) is 5.96 Å². The molecule has 21 heavy (non-hydrogen) atoms. The first-order valence-electron chi connectivity index (χ1n) is 7.16. The Kier molecular flexibility index (Phi) is 4.19. The van der Waals surface area contributed by atoms with Crippen LogP contribution < -0.4 is 11.1 Å². The monoisotopic (exact) mass is 328 g/mol. The van der Waals surface area contributed by atoms with Gasteiger partial charge in [-0.3, -0.25) is 4.99 Å². The SMILES string of the molecule is NC(=NCC1CCN(S(=O)(=O)c2cccs2)C1)NC1CC1. The molecule has 1 aliphatic heterocycles. The van der Waals surface area contributed by atoms with E-state index in [0.29, 0.717) is 35.8 Å². The molecule has 6 nitrogen and oxygen atoms in total. The molecule has 0 aromatic carbocycles. The molecule has 0 spiro atoms. The molecular formula is C13H20N4O2S2. The van der Waals surface area contributed by atoms with Crippen LogP contribution in [0.5, 0.6) is 0 Å². The van der Waals surface area contributed by atoms with Crippen LogP contribution in [0.2, 0.25) is 0 Å². The first-order chi connectivity index (χ1) is 10.1. The molecule has 1 aromatic heterocycles. The third kappa shape index (κ3) is 3.56. The summed E-state index contributed by atoms with van der Waals surface area (Å²) in [5.74, 6) is 0.733. The molecule has 1 saturated heterocycles. The van der Waals surface area contributed by atoms with E-state index in [4.69, 9.17) is 5.73 Å². The minimum absolute atomic E-state index is 0.249. The topological polar surface area (TPSA) is 87.8 Å². The summed E-state index contributed by atoms with van der Waals surface area (Å²) in [6, 6.07) is 3.91. The van der Waals surface area contributed by atoms with E-state index in [9.17, 15) is 8.42 Å². The van der Waals surface area contributed by atoms with Gasteiger partial charge in [-0.05, 0) is 36.6 Å². The number of nitrogens with one attached hydrogen (secondary N) is 1. The summed E-state index contributed by atoms with van der Waals surface area (Å²) in [5.41, 5.74) is 5.80. The second-order valence-electron chi connectivity index (χ2n) is 5.59. The maximum absolute atomic E-state index is 12.4. The van der Waals surface area contributed by atoms with Crippen molar-refractivity contribution in [3.63, 3.8) is 0 Å². The zero-order chi connectivity index (χ0) is 14.9. The molecule has 2 aliphatic rings. The van der Waals surface area contributed by atoms with Crippen molar-refractivity contribution >= 4 is 27.3 Å². The average Bonchev–Trinajstić information content (AvgIpc) is 2.99. The lowest BCUT2D eigenvalue weighted by Crippen LogP contribution is -2.34. The van der Waals surface area contributed by atoms with Gasteiger partial charge in [0.2, 0.25) is 0 Å². The van der Waals surface area contributed by atoms with Crippen LogP contribution in [0.3, 0.4) is 0 Å². The first kappa shape index (κ1) is 14.8. The summed E-state index contributed by atoms with van der Waals surface area (Å²) in [6.07, 6.45) is 3.16. The number of nitrogens with zero attached hydrogens (tertiary/aromatic N) is 2. The fourth-order valence-electron chi connectivity index (χ4n) is 2.41. The Hall–Kier alpha value is -1.12. The van der Waals surface area contributed by atoms with Crippen molar-refractivity contribution in [1.82, 2.24) is 9.62 Å². The van der Waals surface area contributed by atoms with Crippen molar-refractivity contribution in [1.29, 1.82) is 0 Å².